The summed E-state index contributed by atoms with van der Waals surface area (Å²) in [4.78, 5) is 10.5. The number of nitrogens with two attached hydrogens (primary N) is 1. The zero-order valence-electron chi connectivity index (χ0n) is 6.66. The van der Waals surface area contributed by atoms with Crippen LogP contribution in [0.5, 0.6) is 0 Å². The normalized spacial score (nSPS) is 15.5. The molecule has 11 heavy (non-hydrogen) atoms. The maximum atomic E-state index is 10.5. The Morgan fingerprint density at radius 2 is 2.27 bits per heavy atom. The largest absolute Gasteiger partial charge is 0.368 e. The predicted octanol–water partition coefficient (Wildman–Crippen LogP) is -0.228. The number of aliphatic hydroxyl groups is 1. The van der Waals surface area contributed by atoms with Crippen LogP contribution in [0.15, 0.2) is 0 Å². The van der Waals surface area contributed by atoms with Gasteiger partial charge in [0.15, 0.2) is 0 Å². The lowest BCUT2D eigenvalue weighted by atomic mass is 9.93. The highest BCUT2D eigenvalue weighted by atomic mass is 16.3. The molecule has 4 heteroatoms. The van der Waals surface area contributed by atoms with Crippen LogP contribution in [0.4, 0.5) is 0 Å². The molecule has 4 nitrogen and oxygen atoms in total. The number of nitrogens with zero attached hydrogens (tertiary/aromatic N) is 1. The standard InChI is InChI=1S/C7H12N2O2/c1-5(2)3-7(11,4-8)6(9)10/h5,11H,3H2,1-2H3,(H2,9,10). The first-order chi connectivity index (χ1) is 4.92. The van der Waals surface area contributed by atoms with E-state index in [0.717, 1.165) is 0 Å². The van der Waals surface area contributed by atoms with Gasteiger partial charge in [0.1, 0.15) is 6.07 Å². The van der Waals surface area contributed by atoms with Crippen molar-refractivity contribution in [1.29, 1.82) is 5.26 Å². The second kappa shape index (κ2) is 3.35. The lowest BCUT2D eigenvalue weighted by molar-refractivity contribution is -0.132. The molecular weight excluding hydrogens is 144 g/mol. The summed E-state index contributed by atoms with van der Waals surface area (Å²) in [5, 5.41) is 17.6. The average molecular weight is 156 g/mol. The quantitative estimate of drug-likeness (QED) is 0.553. The molecule has 0 saturated carbocycles. The highest BCUT2D eigenvalue weighted by molar-refractivity contribution is 5.86. The van der Waals surface area contributed by atoms with Crippen molar-refractivity contribution >= 4 is 5.91 Å². The van der Waals surface area contributed by atoms with E-state index in [2.05, 4.69) is 0 Å². The third-order valence-electron chi connectivity index (χ3n) is 1.30. The van der Waals surface area contributed by atoms with E-state index in [0.29, 0.717) is 0 Å². The fourth-order valence-corrected chi connectivity index (χ4v) is 0.792. The Labute approximate surface area is 65.6 Å². The molecular formula is C7H12N2O2. The maximum absolute atomic E-state index is 10.5. The van der Waals surface area contributed by atoms with E-state index < -0.39 is 11.5 Å². The average Bonchev–Trinajstić information content (AvgIpc) is 1.86. The molecule has 0 radical (unpaired) electrons. The van der Waals surface area contributed by atoms with Crippen LogP contribution in [0.3, 0.4) is 0 Å². The van der Waals surface area contributed by atoms with Crippen LogP contribution in [0.25, 0.3) is 0 Å². The zero-order valence-corrected chi connectivity index (χ0v) is 6.66. The molecule has 0 bridgehead atoms. The molecule has 0 aliphatic carbocycles. The van der Waals surface area contributed by atoms with Crippen molar-refractivity contribution in [3.05, 3.63) is 0 Å². The third-order valence-corrected chi connectivity index (χ3v) is 1.30. The maximum Gasteiger partial charge on any atom is 0.264 e. The SMILES string of the molecule is CC(C)CC(O)(C#N)C(N)=O. The number of nitriles is 1. The van der Waals surface area contributed by atoms with Gasteiger partial charge >= 0.3 is 0 Å². The topological polar surface area (TPSA) is 87.1 Å². The molecule has 0 rings (SSSR count). The molecule has 1 unspecified atom stereocenters. The Balaban J connectivity index is 4.39. The highest BCUT2D eigenvalue weighted by Gasteiger charge is 2.34. The lowest BCUT2D eigenvalue weighted by Gasteiger charge is -2.17. The monoisotopic (exact) mass is 156 g/mol. The van der Waals surface area contributed by atoms with Gasteiger partial charge in [0.25, 0.3) is 5.91 Å². The van der Waals surface area contributed by atoms with Gasteiger partial charge in [-0.1, -0.05) is 13.8 Å². The van der Waals surface area contributed by atoms with Crippen molar-refractivity contribution in [2.24, 2.45) is 11.7 Å². The minimum Gasteiger partial charge on any atom is -0.368 e. The molecule has 0 aliphatic heterocycles. The zero-order chi connectivity index (χ0) is 9.07. The molecule has 62 valence electrons. The van der Waals surface area contributed by atoms with Crippen molar-refractivity contribution in [1.82, 2.24) is 0 Å². The van der Waals surface area contributed by atoms with Crippen molar-refractivity contribution in [3.8, 4) is 6.07 Å². The van der Waals surface area contributed by atoms with E-state index in [9.17, 15) is 9.90 Å². The van der Waals surface area contributed by atoms with Gasteiger partial charge in [0.05, 0.1) is 0 Å². The molecule has 3 N–H and O–H groups in total. The fourth-order valence-electron chi connectivity index (χ4n) is 0.792. The van der Waals surface area contributed by atoms with Gasteiger partial charge < -0.3 is 10.8 Å². The van der Waals surface area contributed by atoms with Gasteiger partial charge in [-0.05, 0) is 5.92 Å². The first-order valence-corrected chi connectivity index (χ1v) is 3.36. The summed E-state index contributed by atoms with van der Waals surface area (Å²) < 4.78 is 0. The van der Waals surface area contributed by atoms with E-state index >= 15 is 0 Å². The summed E-state index contributed by atoms with van der Waals surface area (Å²) in [6.45, 7) is 3.59. The Hall–Kier alpha value is -1.08. The number of hydrogen-bond donors (Lipinski definition) is 2. The summed E-state index contributed by atoms with van der Waals surface area (Å²) >= 11 is 0. The number of carbonyl (C=O) groups excluding carboxylic acids is 1. The molecule has 0 fully saturated rings. The third kappa shape index (κ3) is 2.56. The molecule has 0 saturated heterocycles. The van der Waals surface area contributed by atoms with Crippen LogP contribution >= 0.6 is 0 Å². The summed E-state index contributed by atoms with van der Waals surface area (Å²) in [5.41, 5.74) is 2.83. The number of rotatable bonds is 3. The van der Waals surface area contributed by atoms with E-state index in [1.807, 2.05) is 0 Å². The van der Waals surface area contributed by atoms with Gasteiger partial charge in [-0.25, -0.2) is 0 Å². The summed E-state index contributed by atoms with van der Waals surface area (Å²) in [6.07, 6.45) is 0.0822. The summed E-state index contributed by atoms with van der Waals surface area (Å²) in [7, 11) is 0. The van der Waals surface area contributed by atoms with Gasteiger partial charge in [-0.3, -0.25) is 4.79 Å². The van der Waals surface area contributed by atoms with Gasteiger partial charge in [-0.15, -0.1) is 0 Å². The number of amides is 1. The molecule has 0 heterocycles. The van der Waals surface area contributed by atoms with Crippen molar-refractivity contribution in [3.63, 3.8) is 0 Å². The number of hydrogen-bond acceptors (Lipinski definition) is 3. The number of primary amides is 1. The van der Waals surface area contributed by atoms with Crippen LogP contribution in [-0.4, -0.2) is 16.6 Å². The molecule has 0 aromatic carbocycles. The fraction of sp³-hybridized carbons (Fsp3) is 0.714. The second-order valence-corrected chi connectivity index (χ2v) is 2.93. The minimum absolute atomic E-state index is 0.0622. The summed E-state index contributed by atoms with van der Waals surface area (Å²) in [6, 6.07) is 1.49. The Kier molecular flexibility index (Phi) is 3.02. The molecule has 1 amide bonds. The minimum atomic E-state index is -1.99. The lowest BCUT2D eigenvalue weighted by Crippen LogP contribution is -2.43. The van der Waals surface area contributed by atoms with Crippen LogP contribution in [0.2, 0.25) is 0 Å². The van der Waals surface area contributed by atoms with Gasteiger partial charge in [0, 0.05) is 6.42 Å². The van der Waals surface area contributed by atoms with E-state index in [1.54, 1.807) is 13.8 Å². The van der Waals surface area contributed by atoms with Crippen LogP contribution in [0.1, 0.15) is 20.3 Å². The van der Waals surface area contributed by atoms with Crippen LogP contribution in [-0.2, 0) is 4.79 Å². The predicted molar refractivity (Wildman–Crippen MR) is 39.2 cm³/mol. The second-order valence-electron chi connectivity index (χ2n) is 2.93. The highest BCUT2D eigenvalue weighted by Crippen LogP contribution is 2.14. The van der Waals surface area contributed by atoms with Gasteiger partial charge in [-0.2, -0.15) is 5.26 Å². The van der Waals surface area contributed by atoms with Crippen LogP contribution in [0, 0.1) is 17.2 Å². The van der Waals surface area contributed by atoms with Crippen LogP contribution < -0.4 is 5.73 Å². The van der Waals surface area contributed by atoms with E-state index in [1.165, 1.54) is 6.07 Å². The smallest absolute Gasteiger partial charge is 0.264 e. The first-order valence-electron chi connectivity index (χ1n) is 3.36. The molecule has 0 aromatic rings. The Morgan fingerprint density at radius 1 is 1.82 bits per heavy atom. The Morgan fingerprint density at radius 3 is 2.36 bits per heavy atom. The van der Waals surface area contributed by atoms with Crippen molar-refractivity contribution < 1.29 is 9.90 Å². The Bertz CT molecular complexity index is 195. The van der Waals surface area contributed by atoms with Crippen molar-refractivity contribution in [2.75, 3.05) is 0 Å². The first kappa shape index (κ1) is 9.92. The number of carbonyl (C=O) groups is 1. The van der Waals surface area contributed by atoms with E-state index in [4.69, 9.17) is 11.0 Å². The molecule has 1 atom stereocenters. The van der Waals surface area contributed by atoms with E-state index in [-0.39, 0.29) is 12.3 Å². The molecule has 0 aliphatic rings. The van der Waals surface area contributed by atoms with Gasteiger partial charge in [0.2, 0.25) is 5.60 Å². The van der Waals surface area contributed by atoms with Crippen molar-refractivity contribution in [2.45, 2.75) is 25.9 Å². The molecule has 0 spiro atoms. The summed E-state index contributed by atoms with van der Waals surface area (Å²) in [5.74, 6) is -0.916. The molecule has 0 aromatic heterocycles.